The predicted octanol–water partition coefficient (Wildman–Crippen LogP) is 5.18. The highest BCUT2D eigenvalue weighted by Gasteiger charge is 2.21. The second-order valence-electron chi connectivity index (χ2n) is 5.41. The first kappa shape index (κ1) is 15.1. The van der Waals surface area contributed by atoms with E-state index in [2.05, 4.69) is 43.3 Å². The first-order valence-corrected chi connectivity index (χ1v) is 9.34. The maximum absolute atomic E-state index is 6.47. The molecule has 0 aliphatic carbocycles. The number of aromatic nitrogens is 2. The lowest BCUT2D eigenvalue weighted by Crippen LogP contribution is -2.31. The molecule has 3 nitrogen and oxygen atoms in total. The number of benzene rings is 1. The molecule has 1 aromatic carbocycles. The Hall–Kier alpha value is -1.43. The van der Waals surface area contributed by atoms with E-state index in [1.807, 2.05) is 24.5 Å². The molecular weight excluding hydrogens is 394 g/mol. The molecule has 0 radical (unpaired) electrons. The topological polar surface area (TPSA) is 29.0 Å². The Balaban J connectivity index is 1.67. The standard InChI is InChI=1S/C17H13BrClN3S/c18-13-4-3-11-5-6-22(10-12(11)17(13)19)16-9-20-8-14(21-16)15-2-1-7-23-15/h1-4,7-9H,5-6,10H2. The third kappa shape index (κ3) is 2.89. The van der Waals surface area contributed by atoms with Crippen LogP contribution in [0.1, 0.15) is 11.1 Å². The lowest BCUT2D eigenvalue weighted by atomic mass is 10.00. The van der Waals surface area contributed by atoms with Gasteiger partial charge >= 0.3 is 0 Å². The molecule has 116 valence electrons. The Kier molecular flexibility index (Phi) is 4.09. The van der Waals surface area contributed by atoms with Crippen LogP contribution in [0.2, 0.25) is 5.02 Å². The highest BCUT2D eigenvalue weighted by molar-refractivity contribution is 9.10. The van der Waals surface area contributed by atoms with E-state index in [9.17, 15) is 0 Å². The van der Waals surface area contributed by atoms with Crippen molar-refractivity contribution >= 4 is 44.7 Å². The molecule has 3 aromatic rings. The monoisotopic (exact) mass is 405 g/mol. The Morgan fingerprint density at radius 2 is 2.13 bits per heavy atom. The summed E-state index contributed by atoms with van der Waals surface area (Å²) in [6.45, 7) is 1.68. The Bertz CT molecular complexity index is 851. The van der Waals surface area contributed by atoms with Gasteiger partial charge in [-0.1, -0.05) is 23.7 Å². The largest absolute Gasteiger partial charge is 0.351 e. The van der Waals surface area contributed by atoms with Crippen LogP contribution in [-0.2, 0) is 13.0 Å². The molecule has 4 rings (SSSR count). The van der Waals surface area contributed by atoms with Crippen LogP contribution in [0, 0.1) is 0 Å². The van der Waals surface area contributed by atoms with Crippen LogP contribution in [0.15, 0.2) is 46.5 Å². The van der Waals surface area contributed by atoms with E-state index in [1.54, 1.807) is 11.3 Å². The average molecular weight is 407 g/mol. The van der Waals surface area contributed by atoms with Gasteiger partial charge in [0.05, 0.1) is 22.3 Å². The molecule has 0 N–H and O–H groups in total. The van der Waals surface area contributed by atoms with E-state index >= 15 is 0 Å². The van der Waals surface area contributed by atoms with Crippen molar-refractivity contribution < 1.29 is 0 Å². The predicted molar refractivity (Wildman–Crippen MR) is 99.3 cm³/mol. The van der Waals surface area contributed by atoms with Crippen molar-refractivity contribution in [2.75, 3.05) is 11.4 Å². The molecule has 0 saturated carbocycles. The fourth-order valence-electron chi connectivity index (χ4n) is 2.81. The van der Waals surface area contributed by atoms with Crippen molar-refractivity contribution in [1.29, 1.82) is 0 Å². The maximum Gasteiger partial charge on any atom is 0.148 e. The first-order chi connectivity index (χ1) is 11.2. The van der Waals surface area contributed by atoms with Gasteiger partial charge in [-0.05, 0) is 51.0 Å². The summed E-state index contributed by atoms with van der Waals surface area (Å²) in [6, 6.07) is 8.27. The number of anilines is 1. The Morgan fingerprint density at radius 3 is 2.96 bits per heavy atom. The number of hydrogen-bond acceptors (Lipinski definition) is 4. The van der Waals surface area contributed by atoms with Crippen LogP contribution in [0.25, 0.3) is 10.6 Å². The van der Waals surface area contributed by atoms with E-state index in [-0.39, 0.29) is 0 Å². The summed E-state index contributed by atoms with van der Waals surface area (Å²) in [7, 11) is 0. The van der Waals surface area contributed by atoms with Crippen LogP contribution >= 0.6 is 38.9 Å². The molecule has 1 aliphatic heterocycles. The summed E-state index contributed by atoms with van der Waals surface area (Å²) < 4.78 is 0.943. The number of hydrogen-bond donors (Lipinski definition) is 0. The molecule has 0 atom stereocenters. The maximum atomic E-state index is 6.47. The second kappa shape index (κ2) is 6.23. The minimum absolute atomic E-state index is 0.760. The molecule has 0 amide bonds. The summed E-state index contributed by atoms with van der Waals surface area (Å²) in [5.74, 6) is 0.901. The summed E-state index contributed by atoms with van der Waals surface area (Å²) in [6.07, 6.45) is 4.61. The molecule has 6 heteroatoms. The average Bonchev–Trinajstić information content (AvgIpc) is 3.13. The lowest BCUT2D eigenvalue weighted by Gasteiger charge is -2.30. The van der Waals surface area contributed by atoms with Crippen molar-refractivity contribution in [2.45, 2.75) is 13.0 Å². The van der Waals surface area contributed by atoms with Crippen LogP contribution < -0.4 is 4.90 Å². The number of fused-ring (bicyclic) bond motifs is 1. The minimum atomic E-state index is 0.760. The lowest BCUT2D eigenvalue weighted by molar-refractivity contribution is 0.719. The van der Waals surface area contributed by atoms with E-state index < -0.39 is 0 Å². The fourth-order valence-corrected chi connectivity index (χ4v) is 4.11. The molecular formula is C17H13BrClN3S. The van der Waals surface area contributed by atoms with E-state index in [0.717, 1.165) is 45.4 Å². The van der Waals surface area contributed by atoms with Crippen molar-refractivity contribution in [3.63, 3.8) is 0 Å². The zero-order valence-electron chi connectivity index (χ0n) is 12.2. The van der Waals surface area contributed by atoms with Crippen molar-refractivity contribution in [3.8, 4) is 10.6 Å². The third-order valence-electron chi connectivity index (χ3n) is 4.01. The SMILES string of the molecule is Clc1c(Br)ccc2c1CN(c1cncc(-c3cccs3)n1)CC2. The smallest absolute Gasteiger partial charge is 0.148 e. The molecule has 0 fully saturated rings. The number of thiophene rings is 1. The fraction of sp³-hybridized carbons (Fsp3) is 0.176. The number of nitrogens with zero attached hydrogens (tertiary/aromatic N) is 3. The Labute approximate surface area is 152 Å². The van der Waals surface area contributed by atoms with Gasteiger partial charge in [0.15, 0.2) is 0 Å². The second-order valence-corrected chi connectivity index (χ2v) is 7.59. The molecule has 0 bridgehead atoms. The summed E-state index contributed by atoms with van der Waals surface area (Å²) in [4.78, 5) is 12.5. The number of rotatable bonds is 2. The van der Waals surface area contributed by atoms with Crippen LogP contribution in [-0.4, -0.2) is 16.5 Å². The van der Waals surface area contributed by atoms with Gasteiger partial charge in [-0.25, -0.2) is 4.98 Å². The normalized spacial score (nSPS) is 13.9. The molecule has 0 spiro atoms. The zero-order chi connectivity index (χ0) is 15.8. The van der Waals surface area contributed by atoms with Gasteiger partial charge in [0.1, 0.15) is 11.5 Å². The molecule has 0 saturated heterocycles. The summed E-state index contributed by atoms with van der Waals surface area (Å²) >= 11 is 11.7. The molecule has 3 heterocycles. The third-order valence-corrected chi connectivity index (χ3v) is 6.23. The van der Waals surface area contributed by atoms with Gasteiger partial charge in [0, 0.05) is 17.6 Å². The van der Waals surface area contributed by atoms with Crippen molar-refractivity contribution in [2.24, 2.45) is 0 Å². The van der Waals surface area contributed by atoms with E-state index in [1.165, 1.54) is 11.1 Å². The van der Waals surface area contributed by atoms with Gasteiger partial charge in [-0.15, -0.1) is 11.3 Å². The minimum Gasteiger partial charge on any atom is -0.351 e. The Morgan fingerprint density at radius 1 is 1.22 bits per heavy atom. The number of halogens is 2. The molecule has 23 heavy (non-hydrogen) atoms. The highest BCUT2D eigenvalue weighted by Crippen LogP contribution is 2.34. The van der Waals surface area contributed by atoms with Gasteiger partial charge in [0.2, 0.25) is 0 Å². The van der Waals surface area contributed by atoms with Gasteiger partial charge in [0.25, 0.3) is 0 Å². The van der Waals surface area contributed by atoms with Crippen LogP contribution in [0.4, 0.5) is 5.82 Å². The molecule has 2 aromatic heterocycles. The van der Waals surface area contributed by atoms with E-state index in [4.69, 9.17) is 16.6 Å². The quantitative estimate of drug-likeness (QED) is 0.587. The van der Waals surface area contributed by atoms with Crippen LogP contribution in [0.5, 0.6) is 0 Å². The zero-order valence-corrected chi connectivity index (χ0v) is 15.3. The molecule has 0 unspecified atom stereocenters. The van der Waals surface area contributed by atoms with Gasteiger partial charge < -0.3 is 4.90 Å². The van der Waals surface area contributed by atoms with Crippen LogP contribution in [0.3, 0.4) is 0 Å². The summed E-state index contributed by atoms with van der Waals surface area (Å²) in [5, 5.41) is 2.85. The van der Waals surface area contributed by atoms with E-state index in [0.29, 0.717) is 0 Å². The van der Waals surface area contributed by atoms with Gasteiger partial charge in [-0.3, -0.25) is 4.98 Å². The summed E-state index contributed by atoms with van der Waals surface area (Å²) in [5.41, 5.74) is 3.41. The van der Waals surface area contributed by atoms with Crippen molar-refractivity contribution in [1.82, 2.24) is 9.97 Å². The van der Waals surface area contributed by atoms with Gasteiger partial charge in [-0.2, -0.15) is 0 Å². The first-order valence-electron chi connectivity index (χ1n) is 7.29. The highest BCUT2D eigenvalue weighted by atomic mass is 79.9. The van der Waals surface area contributed by atoms with Crippen molar-refractivity contribution in [3.05, 3.63) is 62.7 Å². The molecule has 1 aliphatic rings.